The average molecular weight is 320 g/mol. The molecule has 0 aromatic heterocycles. The third kappa shape index (κ3) is 7.65. The van der Waals surface area contributed by atoms with Crippen molar-refractivity contribution in [2.75, 3.05) is 18.9 Å². The largest absolute Gasteiger partial charge is 0.352 e. The van der Waals surface area contributed by atoms with Gasteiger partial charge in [-0.25, -0.2) is 4.79 Å². The lowest BCUT2D eigenvalue weighted by atomic mass is 10.0. The van der Waals surface area contributed by atoms with Crippen molar-refractivity contribution in [2.24, 2.45) is 11.7 Å². The number of anilines is 1. The summed E-state index contributed by atoms with van der Waals surface area (Å²) in [6.07, 6.45) is 2.32. The standard InChI is InChI=1S/C17H28N4O2/c1-12(2)11-13-6-8-14(9-7-13)21-16(22)15(19-3)5-4-10-20-17(18)23/h6-9,12,15,19H,4-5,10-11H2,1-3H3,(H,21,22)(H3,18,20,23)/t15-/m0/s1. The van der Waals surface area contributed by atoms with Gasteiger partial charge in [0.25, 0.3) is 0 Å². The Labute approximate surface area is 138 Å². The second-order valence-electron chi connectivity index (χ2n) is 6.06. The molecule has 0 aliphatic rings. The van der Waals surface area contributed by atoms with Gasteiger partial charge in [-0.15, -0.1) is 0 Å². The van der Waals surface area contributed by atoms with E-state index in [0.717, 1.165) is 12.1 Å². The lowest BCUT2D eigenvalue weighted by Gasteiger charge is -2.16. The number of hydrogen-bond donors (Lipinski definition) is 4. The molecule has 23 heavy (non-hydrogen) atoms. The van der Waals surface area contributed by atoms with Gasteiger partial charge in [-0.2, -0.15) is 0 Å². The number of hydrogen-bond acceptors (Lipinski definition) is 3. The summed E-state index contributed by atoms with van der Waals surface area (Å²) in [4.78, 5) is 22.8. The van der Waals surface area contributed by atoms with Crippen LogP contribution in [-0.4, -0.2) is 31.6 Å². The monoisotopic (exact) mass is 320 g/mol. The van der Waals surface area contributed by atoms with Crippen molar-refractivity contribution in [2.45, 2.75) is 39.2 Å². The Hall–Kier alpha value is -2.08. The predicted molar refractivity (Wildman–Crippen MR) is 93.3 cm³/mol. The number of nitrogens with one attached hydrogen (secondary N) is 3. The molecule has 3 amide bonds. The molecule has 0 saturated carbocycles. The van der Waals surface area contributed by atoms with Crippen LogP contribution in [-0.2, 0) is 11.2 Å². The number of amides is 3. The first-order valence-corrected chi connectivity index (χ1v) is 8.02. The molecule has 6 nitrogen and oxygen atoms in total. The van der Waals surface area contributed by atoms with Gasteiger partial charge < -0.3 is 21.7 Å². The van der Waals surface area contributed by atoms with Gasteiger partial charge in [0.2, 0.25) is 5.91 Å². The zero-order valence-corrected chi connectivity index (χ0v) is 14.2. The smallest absolute Gasteiger partial charge is 0.312 e. The van der Waals surface area contributed by atoms with Gasteiger partial charge in [0, 0.05) is 12.2 Å². The van der Waals surface area contributed by atoms with E-state index in [1.165, 1.54) is 5.56 Å². The van der Waals surface area contributed by atoms with E-state index in [2.05, 4.69) is 29.8 Å². The summed E-state index contributed by atoms with van der Waals surface area (Å²) in [7, 11) is 1.75. The van der Waals surface area contributed by atoms with E-state index in [9.17, 15) is 9.59 Å². The van der Waals surface area contributed by atoms with Crippen LogP contribution in [0.3, 0.4) is 0 Å². The molecule has 0 aliphatic heterocycles. The van der Waals surface area contributed by atoms with Gasteiger partial charge in [-0.1, -0.05) is 26.0 Å². The average Bonchev–Trinajstić information content (AvgIpc) is 2.48. The molecule has 0 radical (unpaired) electrons. The molecule has 1 rings (SSSR count). The Morgan fingerprint density at radius 1 is 1.17 bits per heavy atom. The topological polar surface area (TPSA) is 96.2 Å². The first-order chi connectivity index (χ1) is 10.9. The maximum absolute atomic E-state index is 12.2. The maximum Gasteiger partial charge on any atom is 0.312 e. The van der Waals surface area contributed by atoms with Crippen molar-refractivity contribution in [3.63, 3.8) is 0 Å². The van der Waals surface area contributed by atoms with Gasteiger partial charge in [-0.05, 0) is 49.9 Å². The zero-order chi connectivity index (χ0) is 17.2. The molecule has 128 valence electrons. The van der Waals surface area contributed by atoms with Crippen LogP contribution in [0.15, 0.2) is 24.3 Å². The molecule has 0 unspecified atom stereocenters. The molecule has 0 saturated heterocycles. The molecule has 0 bridgehead atoms. The third-order valence-corrected chi connectivity index (χ3v) is 3.50. The second-order valence-corrected chi connectivity index (χ2v) is 6.06. The Morgan fingerprint density at radius 3 is 2.35 bits per heavy atom. The third-order valence-electron chi connectivity index (χ3n) is 3.50. The van der Waals surface area contributed by atoms with Crippen LogP contribution in [0.5, 0.6) is 0 Å². The van der Waals surface area contributed by atoms with Crippen LogP contribution in [0.25, 0.3) is 0 Å². The number of rotatable bonds is 9. The Bertz CT molecular complexity index is 500. The van der Waals surface area contributed by atoms with Crippen molar-refractivity contribution < 1.29 is 9.59 Å². The number of benzene rings is 1. The minimum atomic E-state index is -0.544. The summed E-state index contributed by atoms with van der Waals surface area (Å²) in [5, 5.41) is 8.42. The molecule has 0 spiro atoms. The highest BCUT2D eigenvalue weighted by molar-refractivity contribution is 5.94. The van der Waals surface area contributed by atoms with Crippen LogP contribution >= 0.6 is 0 Å². The SMILES string of the molecule is CN[C@@H](CCCNC(N)=O)C(=O)Nc1ccc(CC(C)C)cc1. The minimum absolute atomic E-state index is 0.0804. The highest BCUT2D eigenvalue weighted by atomic mass is 16.2. The molecule has 0 fully saturated rings. The first kappa shape index (κ1) is 19.0. The van der Waals surface area contributed by atoms with Gasteiger partial charge in [-0.3, -0.25) is 4.79 Å². The van der Waals surface area contributed by atoms with Gasteiger partial charge in [0.1, 0.15) is 0 Å². The summed E-state index contributed by atoms with van der Waals surface area (Å²) >= 11 is 0. The summed E-state index contributed by atoms with van der Waals surface area (Å²) in [6, 6.07) is 7.09. The summed E-state index contributed by atoms with van der Waals surface area (Å²) in [5.74, 6) is 0.529. The van der Waals surface area contributed by atoms with Crippen molar-refractivity contribution >= 4 is 17.6 Å². The van der Waals surface area contributed by atoms with Crippen LogP contribution in [0.1, 0.15) is 32.3 Å². The fourth-order valence-electron chi connectivity index (χ4n) is 2.35. The van der Waals surface area contributed by atoms with E-state index in [4.69, 9.17) is 5.73 Å². The Kier molecular flexibility index (Phi) is 8.11. The van der Waals surface area contributed by atoms with Crippen LogP contribution in [0.4, 0.5) is 10.5 Å². The number of nitrogens with two attached hydrogens (primary N) is 1. The van der Waals surface area contributed by atoms with Gasteiger partial charge in [0.15, 0.2) is 0 Å². The van der Waals surface area contributed by atoms with Crippen LogP contribution in [0.2, 0.25) is 0 Å². The summed E-state index contributed by atoms with van der Waals surface area (Å²) in [6.45, 7) is 4.82. The lowest BCUT2D eigenvalue weighted by molar-refractivity contribution is -0.118. The number of carbonyl (C=O) groups is 2. The zero-order valence-electron chi connectivity index (χ0n) is 14.2. The molecule has 1 aromatic carbocycles. The number of primary amides is 1. The summed E-state index contributed by atoms with van der Waals surface area (Å²) in [5.41, 5.74) is 7.06. The van der Waals surface area contributed by atoms with E-state index < -0.39 is 6.03 Å². The van der Waals surface area contributed by atoms with Gasteiger partial charge >= 0.3 is 6.03 Å². The quantitative estimate of drug-likeness (QED) is 0.523. The highest BCUT2D eigenvalue weighted by Crippen LogP contribution is 2.13. The fourth-order valence-corrected chi connectivity index (χ4v) is 2.35. The molecule has 0 heterocycles. The number of carbonyl (C=O) groups excluding carboxylic acids is 2. The lowest BCUT2D eigenvalue weighted by Crippen LogP contribution is -2.39. The highest BCUT2D eigenvalue weighted by Gasteiger charge is 2.16. The first-order valence-electron chi connectivity index (χ1n) is 8.02. The van der Waals surface area contributed by atoms with Crippen LogP contribution in [0, 0.1) is 5.92 Å². The molecular formula is C17H28N4O2. The second kappa shape index (κ2) is 9.84. The van der Waals surface area contributed by atoms with E-state index in [1.54, 1.807) is 7.05 Å². The molecule has 1 atom stereocenters. The van der Waals surface area contributed by atoms with Crippen LogP contribution < -0.4 is 21.7 Å². The Morgan fingerprint density at radius 2 is 1.83 bits per heavy atom. The molecular weight excluding hydrogens is 292 g/mol. The molecule has 0 aliphatic carbocycles. The van der Waals surface area contributed by atoms with Crippen molar-refractivity contribution in [3.05, 3.63) is 29.8 Å². The Balaban J connectivity index is 2.47. The van der Waals surface area contributed by atoms with E-state index in [0.29, 0.717) is 25.3 Å². The molecule has 5 N–H and O–H groups in total. The number of urea groups is 1. The van der Waals surface area contributed by atoms with E-state index >= 15 is 0 Å². The minimum Gasteiger partial charge on any atom is -0.352 e. The van der Waals surface area contributed by atoms with Crippen molar-refractivity contribution in [1.29, 1.82) is 0 Å². The van der Waals surface area contributed by atoms with Gasteiger partial charge in [0.05, 0.1) is 6.04 Å². The van der Waals surface area contributed by atoms with Crippen molar-refractivity contribution in [3.8, 4) is 0 Å². The van der Waals surface area contributed by atoms with E-state index in [1.807, 2.05) is 24.3 Å². The number of likely N-dealkylation sites (N-methyl/N-ethyl adjacent to an activating group) is 1. The maximum atomic E-state index is 12.2. The molecule has 1 aromatic rings. The van der Waals surface area contributed by atoms with Crippen molar-refractivity contribution in [1.82, 2.24) is 10.6 Å². The van der Waals surface area contributed by atoms with E-state index in [-0.39, 0.29) is 11.9 Å². The fraction of sp³-hybridized carbons (Fsp3) is 0.529. The predicted octanol–water partition coefficient (Wildman–Crippen LogP) is 1.86. The molecule has 6 heteroatoms. The summed E-state index contributed by atoms with van der Waals surface area (Å²) < 4.78 is 0. The normalized spacial score (nSPS) is 12.0.